The van der Waals surface area contributed by atoms with Crippen LogP contribution in [0.1, 0.15) is 30.0 Å². The van der Waals surface area contributed by atoms with Crippen molar-refractivity contribution in [2.75, 3.05) is 30.5 Å². The molecule has 212 valence electrons. The zero-order chi connectivity index (χ0) is 29.5. The van der Waals surface area contributed by atoms with Gasteiger partial charge < -0.3 is 19.5 Å². The highest BCUT2D eigenvalue weighted by Gasteiger charge is 2.37. The number of methoxy groups -OCH3 is 1. The van der Waals surface area contributed by atoms with Crippen molar-refractivity contribution in [3.63, 3.8) is 0 Å². The molecule has 0 aromatic heterocycles. The van der Waals surface area contributed by atoms with Crippen molar-refractivity contribution in [3.8, 4) is 17.2 Å². The second-order valence-corrected chi connectivity index (χ2v) is 9.26. The third-order valence-electron chi connectivity index (χ3n) is 6.43. The fourth-order valence-electron chi connectivity index (χ4n) is 4.12. The molecule has 3 aromatic carbocycles. The lowest BCUT2D eigenvalue weighted by molar-refractivity contribution is -0.122. The predicted molar refractivity (Wildman–Crippen MR) is 154 cm³/mol. The van der Waals surface area contributed by atoms with Crippen LogP contribution in [0, 0.1) is 13.8 Å². The Balaban J connectivity index is 1.56. The number of hydrogen-bond acceptors (Lipinski definition) is 7. The number of nitrogens with one attached hydrogen (secondary N) is 2. The molecule has 10 heteroatoms. The first-order valence-corrected chi connectivity index (χ1v) is 13.0. The Kier molecular flexibility index (Phi) is 9.03. The molecule has 0 aliphatic carbocycles. The lowest BCUT2D eigenvalue weighted by Gasteiger charge is -2.27. The third kappa shape index (κ3) is 6.55. The van der Waals surface area contributed by atoms with Crippen molar-refractivity contribution >= 4 is 41.2 Å². The number of barbiturate groups is 1. The number of anilines is 2. The summed E-state index contributed by atoms with van der Waals surface area (Å²) in [5.74, 6) is -0.984. The molecule has 0 saturated carbocycles. The Morgan fingerprint density at radius 1 is 0.951 bits per heavy atom. The number of carbonyl (C=O) groups excluding carboxylic acids is 4. The molecule has 4 rings (SSSR count). The Morgan fingerprint density at radius 3 is 2.49 bits per heavy atom. The zero-order valence-corrected chi connectivity index (χ0v) is 23.3. The average Bonchev–Trinajstić information content (AvgIpc) is 2.96. The molecule has 3 aromatic rings. The molecule has 0 spiro atoms. The number of aryl methyl sites for hydroxylation is 1. The van der Waals surface area contributed by atoms with Crippen LogP contribution in [0.5, 0.6) is 17.2 Å². The topological polar surface area (TPSA) is 123 Å². The summed E-state index contributed by atoms with van der Waals surface area (Å²) in [6.45, 7) is 6.00. The average molecular weight is 558 g/mol. The Hall–Kier alpha value is -5.12. The highest BCUT2D eigenvalue weighted by Crippen LogP contribution is 2.34. The first-order chi connectivity index (χ1) is 19.7. The molecular weight excluding hydrogens is 526 g/mol. The number of benzene rings is 3. The van der Waals surface area contributed by atoms with Gasteiger partial charge in [0.05, 0.1) is 19.4 Å². The molecule has 1 fully saturated rings. The summed E-state index contributed by atoms with van der Waals surface area (Å²) < 4.78 is 16.8. The van der Waals surface area contributed by atoms with Crippen LogP contribution in [0.25, 0.3) is 6.08 Å². The van der Waals surface area contributed by atoms with Crippen LogP contribution in [0.4, 0.5) is 16.2 Å². The minimum absolute atomic E-state index is 0.194. The van der Waals surface area contributed by atoms with Gasteiger partial charge in [0, 0.05) is 17.3 Å². The van der Waals surface area contributed by atoms with Gasteiger partial charge in [0.15, 0.2) is 18.1 Å². The lowest BCUT2D eigenvalue weighted by Crippen LogP contribution is -2.54. The molecule has 2 N–H and O–H groups in total. The molecule has 10 nitrogen and oxygen atoms in total. The van der Waals surface area contributed by atoms with Crippen molar-refractivity contribution < 1.29 is 33.4 Å². The largest absolute Gasteiger partial charge is 0.493 e. The summed E-state index contributed by atoms with van der Waals surface area (Å²) in [5.41, 5.74) is 2.96. The first-order valence-electron chi connectivity index (χ1n) is 13.0. The highest BCUT2D eigenvalue weighted by molar-refractivity contribution is 6.39. The number of ether oxygens (including phenoxy) is 3. The van der Waals surface area contributed by atoms with Crippen LogP contribution >= 0.6 is 0 Å². The molecule has 5 amide bonds. The van der Waals surface area contributed by atoms with E-state index in [9.17, 15) is 19.2 Å². The smallest absolute Gasteiger partial charge is 0.335 e. The van der Waals surface area contributed by atoms with Gasteiger partial charge >= 0.3 is 6.03 Å². The second kappa shape index (κ2) is 12.8. The van der Waals surface area contributed by atoms with E-state index in [1.807, 2.05) is 32.9 Å². The van der Waals surface area contributed by atoms with Gasteiger partial charge in [-0.3, -0.25) is 19.7 Å². The van der Waals surface area contributed by atoms with E-state index in [-0.39, 0.29) is 29.5 Å². The number of urea groups is 1. The summed E-state index contributed by atoms with van der Waals surface area (Å²) in [6.07, 6.45) is 2.11. The molecule has 1 heterocycles. The van der Waals surface area contributed by atoms with E-state index in [1.165, 1.54) is 25.3 Å². The number of hydrogen-bond donors (Lipinski definition) is 2. The normalized spacial score (nSPS) is 14.1. The van der Waals surface area contributed by atoms with Crippen LogP contribution in [-0.4, -0.2) is 44.1 Å². The van der Waals surface area contributed by atoms with E-state index in [0.717, 1.165) is 22.4 Å². The number of nitrogens with zero attached hydrogens (tertiary/aromatic N) is 1. The summed E-state index contributed by atoms with van der Waals surface area (Å²) in [6, 6.07) is 16.0. The van der Waals surface area contributed by atoms with E-state index >= 15 is 0 Å². The molecule has 1 aliphatic rings. The minimum Gasteiger partial charge on any atom is -0.493 e. The van der Waals surface area contributed by atoms with Gasteiger partial charge in [-0.05, 0) is 61.7 Å². The maximum Gasteiger partial charge on any atom is 0.335 e. The number of imide groups is 2. The molecule has 1 saturated heterocycles. The molecule has 1 aliphatic heterocycles. The van der Waals surface area contributed by atoms with Crippen LogP contribution in [0.3, 0.4) is 0 Å². The molecule has 0 radical (unpaired) electrons. The van der Waals surface area contributed by atoms with Gasteiger partial charge in [-0.2, -0.15) is 0 Å². The van der Waals surface area contributed by atoms with E-state index < -0.39 is 17.8 Å². The molecule has 41 heavy (non-hydrogen) atoms. The van der Waals surface area contributed by atoms with E-state index in [0.29, 0.717) is 29.4 Å². The monoisotopic (exact) mass is 557 g/mol. The zero-order valence-electron chi connectivity index (χ0n) is 23.3. The van der Waals surface area contributed by atoms with Gasteiger partial charge in [-0.1, -0.05) is 37.3 Å². The summed E-state index contributed by atoms with van der Waals surface area (Å²) in [4.78, 5) is 52.3. The third-order valence-corrected chi connectivity index (χ3v) is 6.43. The lowest BCUT2D eigenvalue weighted by atomic mass is 10.1. The Morgan fingerprint density at radius 2 is 1.73 bits per heavy atom. The summed E-state index contributed by atoms with van der Waals surface area (Å²) in [7, 11) is 1.45. The molecule has 0 bridgehead atoms. The highest BCUT2D eigenvalue weighted by atomic mass is 16.5. The van der Waals surface area contributed by atoms with Crippen molar-refractivity contribution in [1.82, 2.24) is 5.32 Å². The summed E-state index contributed by atoms with van der Waals surface area (Å²) in [5, 5.41) is 5.03. The van der Waals surface area contributed by atoms with Gasteiger partial charge in [-0.25, -0.2) is 9.69 Å². The quantitative estimate of drug-likeness (QED) is 0.272. The predicted octanol–water partition coefficient (Wildman–Crippen LogP) is 4.78. The maximum atomic E-state index is 13.4. The van der Waals surface area contributed by atoms with E-state index in [1.54, 1.807) is 36.4 Å². The SMILES string of the molecule is CCCOc1ccc(N2C(=O)NC(=O)/C(=C/c3ccccc3OCC(=O)Nc3cccc(C)c3C)C2=O)cc1OC. The van der Waals surface area contributed by atoms with Gasteiger partial charge in [-0.15, -0.1) is 0 Å². The fraction of sp³-hybridized carbons (Fsp3) is 0.226. The molecule has 0 unspecified atom stereocenters. The number of para-hydroxylation sites is 1. The van der Waals surface area contributed by atoms with Gasteiger partial charge in [0.1, 0.15) is 11.3 Å². The molecule has 0 atom stereocenters. The van der Waals surface area contributed by atoms with Crippen molar-refractivity contribution in [2.24, 2.45) is 0 Å². The van der Waals surface area contributed by atoms with Gasteiger partial charge in [0.25, 0.3) is 17.7 Å². The Bertz CT molecular complexity index is 1530. The van der Waals surface area contributed by atoms with Crippen LogP contribution < -0.4 is 29.7 Å². The van der Waals surface area contributed by atoms with Crippen molar-refractivity contribution in [1.29, 1.82) is 0 Å². The molecular formula is C31H31N3O7. The maximum absolute atomic E-state index is 13.4. The Labute approximate surface area is 237 Å². The van der Waals surface area contributed by atoms with Crippen molar-refractivity contribution in [2.45, 2.75) is 27.2 Å². The van der Waals surface area contributed by atoms with E-state index in [4.69, 9.17) is 14.2 Å². The number of rotatable bonds is 10. The number of carbonyl (C=O) groups is 4. The summed E-state index contributed by atoms with van der Waals surface area (Å²) >= 11 is 0. The first kappa shape index (κ1) is 28.9. The van der Waals surface area contributed by atoms with Crippen molar-refractivity contribution in [3.05, 3.63) is 82.9 Å². The number of amides is 5. The second-order valence-electron chi connectivity index (χ2n) is 9.26. The minimum atomic E-state index is -0.894. The van der Waals surface area contributed by atoms with Crippen LogP contribution in [0.15, 0.2) is 66.2 Å². The van der Waals surface area contributed by atoms with E-state index in [2.05, 4.69) is 10.6 Å². The standard InChI is InChI=1S/C31H31N3O7/c1-5-15-40-26-14-13-22(17-27(26)39-4)34-30(37)23(29(36)33-31(34)38)16-21-10-6-7-12-25(21)41-18-28(35)32-24-11-8-9-19(2)20(24)3/h6-14,16-17H,5,15,18H2,1-4H3,(H,32,35)(H,33,36,38)/b23-16-. The fourth-order valence-corrected chi connectivity index (χ4v) is 4.12. The van der Waals surface area contributed by atoms with Crippen LogP contribution in [0.2, 0.25) is 0 Å². The van der Waals surface area contributed by atoms with Gasteiger partial charge in [0.2, 0.25) is 0 Å². The van der Waals surface area contributed by atoms with Crippen LogP contribution in [-0.2, 0) is 14.4 Å².